The number of likely N-dealkylation sites (N-methyl/N-ethyl adjacent to an activating group) is 1. The van der Waals surface area contributed by atoms with Crippen LogP contribution < -0.4 is 5.32 Å². The van der Waals surface area contributed by atoms with Crippen molar-refractivity contribution in [1.29, 1.82) is 0 Å². The molecule has 0 aromatic heterocycles. The molecule has 1 aliphatic rings. The van der Waals surface area contributed by atoms with Gasteiger partial charge in [0.05, 0.1) is 6.61 Å². The van der Waals surface area contributed by atoms with Crippen molar-refractivity contribution in [1.82, 2.24) is 5.32 Å². The SMILES string of the molecule is CCNC1(COC)CCCC1. The average molecular weight is 157 g/mol. The molecule has 0 aromatic rings. The maximum absolute atomic E-state index is 5.22. The van der Waals surface area contributed by atoms with Gasteiger partial charge in [-0.05, 0) is 19.4 Å². The third-order valence-corrected chi connectivity index (χ3v) is 2.53. The normalized spacial score (nSPS) is 22.4. The van der Waals surface area contributed by atoms with Gasteiger partial charge in [0.2, 0.25) is 0 Å². The maximum atomic E-state index is 5.22. The summed E-state index contributed by atoms with van der Waals surface area (Å²) in [7, 11) is 1.79. The van der Waals surface area contributed by atoms with Crippen LogP contribution >= 0.6 is 0 Å². The van der Waals surface area contributed by atoms with Crippen molar-refractivity contribution in [2.45, 2.75) is 38.1 Å². The Morgan fingerprint density at radius 1 is 1.36 bits per heavy atom. The highest BCUT2D eigenvalue weighted by molar-refractivity contribution is 4.91. The predicted molar refractivity (Wildman–Crippen MR) is 46.8 cm³/mol. The number of nitrogens with one attached hydrogen (secondary N) is 1. The molecule has 1 fully saturated rings. The summed E-state index contributed by atoms with van der Waals surface area (Å²) in [6, 6.07) is 0. The first-order valence-electron chi connectivity index (χ1n) is 4.57. The summed E-state index contributed by atoms with van der Waals surface area (Å²) >= 11 is 0. The molecule has 0 bridgehead atoms. The van der Waals surface area contributed by atoms with E-state index in [9.17, 15) is 0 Å². The van der Waals surface area contributed by atoms with E-state index in [1.54, 1.807) is 7.11 Å². The Labute approximate surface area is 69.3 Å². The Kier molecular flexibility index (Phi) is 3.34. The Morgan fingerprint density at radius 2 is 2.00 bits per heavy atom. The molecule has 0 radical (unpaired) electrons. The maximum Gasteiger partial charge on any atom is 0.0644 e. The number of hydrogen-bond acceptors (Lipinski definition) is 2. The Morgan fingerprint density at radius 3 is 2.45 bits per heavy atom. The summed E-state index contributed by atoms with van der Waals surface area (Å²) in [5, 5.41) is 3.53. The van der Waals surface area contributed by atoms with Gasteiger partial charge >= 0.3 is 0 Å². The molecule has 0 heterocycles. The van der Waals surface area contributed by atoms with Crippen molar-refractivity contribution in [3.8, 4) is 0 Å². The van der Waals surface area contributed by atoms with Gasteiger partial charge in [0, 0.05) is 12.6 Å². The van der Waals surface area contributed by atoms with Gasteiger partial charge in [-0.1, -0.05) is 19.8 Å². The molecule has 0 atom stereocenters. The average Bonchev–Trinajstić information content (AvgIpc) is 2.39. The quantitative estimate of drug-likeness (QED) is 0.668. The lowest BCUT2D eigenvalue weighted by Gasteiger charge is -2.28. The van der Waals surface area contributed by atoms with Crippen LogP contribution in [0.3, 0.4) is 0 Å². The number of rotatable bonds is 4. The topological polar surface area (TPSA) is 21.3 Å². The molecule has 0 saturated heterocycles. The van der Waals surface area contributed by atoms with Crippen molar-refractivity contribution in [2.24, 2.45) is 0 Å². The van der Waals surface area contributed by atoms with Crippen LogP contribution in [-0.4, -0.2) is 25.8 Å². The van der Waals surface area contributed by atoms with Crippen LogP contribution in [0.4, 0.5) is 0 Å². The van der Waals surface area contributed by atoms with Crippen molar-refractivity contribution < 1.29 is 4.74 Å². The second-order valence-corrected chi connectivity index (χ2v) is 3.45. The Bertz CT molecular complexity index is 100. The fraction of sp³-hybridized carbons (Fsp3) is 1.00. The first-order chi connectivity index (χ1) is 5.33. The van der Waals surface area contributed by atoms with Crippen molar-refractivity contribution in [3.63, 3.8) is 0 Å². The molecular weight excluding hydrogens is 138 g/mol. The predicted octanol–water partition coefficient (Wildman–Crippen LogP) is 1.56. The molecule has 66 valence electrons. The van der Waals surface area contributed by atoms with Gasteiger partial charge in [-0.25, -0.2) is 0 Å². The molecule has 2 nitrogen and oxygen atoms in total. The lowest BCUT2D eigenvalue weighted by atomic mass is 9.99. The zero-order valence-corrected chi connectivity index (χ0v) is 7.65. The summed E-state index contributed by atoms with van der Waals surface area (Å²) in [6.07, 6.45) is 5.29. The van der Waals surface area contributed by atoms with E-state index in [0.29, 0.717) is 5.54 Å². The van der Waals surface area contributed by atoms with Gasteiger partial charge in [-0.15, -0.1) is 0 Å². The number of methoxy groups -OCH3 is 1. The van der Waals surface area contributed by atoms with Crippen LogP contribution in [0.5, 0.6) is 0 Å². The third kappa shape index (κ3) is 2.17. The number of ether oxygens (including phenoxy) is 1. The third-order valence-electron chi connectivity index (χ3n) is 2.53. The molecule has 1 saturated carbocycles. The molecule has 2 heteroatoms. The van der Waals surface area contributed by atoms with Gasteiger partial charge in [0.15, 0.2) is 0 Å². The van der Waals surface area contributed by atoms with Crippen molar-refractivity contribution in [2.75, 3.05) is 20.3 Å². The van der Waals surface area contributed by atoms with Crippen LogP contribution in [0.15, 0.2) is 0 Å². The van der Waals surface area contributed by atoms with Crippen LogP contribution in [-0.2, 0) is 4.74 Å². The second-order valence-electron chi connectivity index (χ2n) is 3.45. The fourth-order valence-corrected chi connectivity index (χ4v) is 2.08. The lowest BCUT2D eigenvalue weighted by Crippen LogP contribution is -2.46. The molecule has 0 aromatic carbocycles. The Balaban J connectivity index is 2.40. The van der Waals surface area contributed by atoms with Crippen molar-refractivity contribution in [3.05, 3.63) is 0 Å². The molecule has 0 spiro atoms. The standard InChI is InChI=1S/C9H19NO/c1-3-10-9(8-11-2)6-4-5-7-9/h10H,3-8H2,1-2H3. The summed E-state index contributed by atoms with van der Waals surface area (Å²) in [6.45, 7) is 4.10. The molecule has 0 amide bonds. The summed E-state index contributed by atoms with van der Waals surface area (Å²) in [5.74, 6) is 0. The molecule has 1 aliphatic carbocycles. The minimum Gasteiger partial charge on any atom is -0.383 e. The van der Waals surface area contributed by atoms with Gasteiger partial charge in [-0.2, -0.15) is 0 Å². The number of hydrogen-bond donors (Lipinski definition) is 1. The molecule has 11 heavy (non-hydrogen) atoms. The zero-order chi connectivity index (χ0) is 8.16. The minimum absolute atomic E-state index is 0.323. The van der Waals surface area contributed by atoms with E-state index < -0.39 is 0 Å². The second kappa shape index (κ2) is 4.07. The summed E-state index contributed by atoms with van der Waals surface area (Å²) in [4.78, 5) is 0. The van der Waals surface area contributed by atoms with E-state index in [1.807, 2.05) is 0 Å². The highest BCUT2D eigenvalue weighted by Crippen LogP contribution is 2.29. The zero-order valence-electron chi connectivity index (χ0n) is 7.65. The molecule has 0 aliphatic heterocycles. The first kappa shape index (κ1) is 9.01. The molecule has 1 rings (SSSR count). The lowest BCUT2D eigenvalue weighted by molar-refractivity contribution is 0.113. The van der Waals surface area contributed by atoms with Gasteiger partial charge < -0.3 is 10.1 Å². The van der Waals surface area contributed by atoms with Gasteiger partial charge in [-0.3, -0.25) is 0 Å². The highest BCUT2D eigenvalue weighted by atomic mass is 16.5. The fourth-order valence-electron chi connectivity index (χ4n) is 2.08. The van der Waals surface area contributed by atoms with Crippen molar-refractivity contribution >= 4 is 0 Å². The van der Waals surface area contributed by atoms with E-state index in [4.69, 9.17) is 4.74 Å². The largest absolute Gasteiger partial charge is 0.383 e. The highest BCUT2D eigenvalue weighted by Gasteiger charge is 2.32. The molecular formula is C9H19NO. The van der Waals surface area contributed by atoms with Crippen LogP contribution in [0.1, 0.15) is 32.6 Å². The van der Waals surface area contributed by atoms with E-state index in [-0.39, 0.29) is 0 Å². The van der Waals surface area contributed by atoms with E-state index in [2.05, 4.69) is 12.2 Å². The van der Waals surface area contributed by atoms with Gasteiger partial charge in [0.25, 0.3) is 0 Å². The smallest absolute Gasteiger partial charge is 0.0644 e. The Hall–Kier alpha value is -0.0800. The monoisotopic (exact) mass is 157 g/mol. The molecule has 0 unspecified atom stereocenters. The van der Waals surface area contributed by atoms with Crippen LogP contribution in [0, 0.1) is 0 Å². The molecule has 1 N–H and O–H groups in total. The van der Waals surface area contributed by atoms with Crippen LogP contribution in [0.25, 0.3) is 0 Å². The first-order valence-corrected chi connectivity index (χ1v) is 4.57. The summed E-state index contributed by atoms with van der Waals surface area (Å²) in [5.41, 5.74) is 0.323. The minimum atomic E-state index is 0.323. The van der Waals surface area contributed by atoms with Gasteiger partial charge in [0.1, 0.15) is 0 Å². The van der Waals surface area contributed by atoms with E-state index in [0.717, 1.165) is 13.2 Å². The summed E-state index contributed by atoms with van der Waals surface area (Å²) < 4.78 is 5.22. The van der Waals surface area contributed by atoms with Crippen LogP contribution in [0.2, 0.25) is 0 Å². The van der Waals surface area contributed by atoms with E-state index >= 15 is 0 Å². The van der Waals surface area contributed by atoms with E-state index in [1.165, 1.54) is 25.7 Å².